The van der Waals surface area contributed by atoms with Crippen LogP contribution in [0.2, 0.25) is 0 Å². The fraction of sp³-hybridized carbons (Fsp3) is 0.174. The van der Waals surface area contributed by atoms with Gasteiger partial charge in [-0.05, 0) is 17.7 Å². The van der Waals surface area contributed by atoms with Crippen molar-refractivity contribution in [2.24, 2.45) is 0 Å². The van der Waals surface area contributed by atoms with Crippen LogP contribution in [0.4, 0.5) is 11.6 Å². The molecule has 1 aliphatic rings. The van der Waals surface area contributed by atoms with E-state index in [1.54, 1.807) is 24.1 Å². The van der Waals surface area contributed by atoms with Gasteiger partial charge in [-0.1, -0.05) is 60.7 Å². The van der Waals surface area contributed by atoms with Gasteiger partial charge in [0.2, 0.25) is 12.0 Å². The van der Waals surface area contributed by atoms with Crippen LogP contribution < -0.4 is 15.4 Å². The number of ether oxygens (including phenoxy) is 1. The van der Waals surface area contributed by atoms with Crippen LogP contribution in [0.1, 0.15) is 17.2 Å². The molecule has 1 atom stereocenters. The van der Waals surface area contributed by atoms with Crippen molar-refractivity contribution in [2.75, 3.05) is 24.2 Å². The fourth-order valence-corrected chi connectivity index (χ4v) is 3.35. The Morgan fingerprint density at radius 3 is 2.43 bits per heavy atom. The number of rotatable bonds is 5. The molecule has 1 unspecified atom stereocenters. The molecule has 0 bridgehead atoms. The number of hydrogen-bond donors (Lipinski definition) is 1. The Bertz CT molecular complexity index is 1060. The monoisotopic (exact) mass is 402 g/mol. The maximum Gasteiger partial charge on any atom is 0.274 e. The summed E-state index contributed by atoms with van der Waals surface area (Å²) in [5.74, 6) is 0.354. The number of nitrogens with two attached hydrogens (primary N) is 1. The van der Waals surface area contributed by atoms with Gasteiger partial charge in [0.25, 0.3) is 5.91 Å². The Hall–Kier alpha value is -3.87. The molecular formula is C23H22N4O3. The molecule has 2 amide bonds. The van der Waals surface area contributed by atoms with Gasteiger partial charge < -0.3 is 15.4 Å². The summed E-state index contributed by atoms with van der Waals surface area (Å²) in [5, 5.41) is 0. The highest BCUT2D eigenvalue weighted by Crippen LogP contribution is 2.38. The van der Waals surface area contributed by atoms with E-state index in [0.717, 1.165) is 5.56 Å². The highest BCUT2D eigenvalue weighted by Gasteiger charge is 2.38. The van der Waals surface area contributed by atoms with E-state index in [-0.39, 0.29) is 30.0 Å². The van der Waals surface area contributed by atoms with E-state index in [9.17, 15) is 9.59 Å². The molecule has 7 nitrogen and oxygen atoms in total. The van der Waals surface area contributed by atoms with Gasteiger partial charge in [-0.25, -0.2) is 4.98 Å². The van der Waals surface area contributed by atoms with E-state index in [2.05, 4.69) is 4.98 Å². The number of nitrogen functional groups attached to an aromatic ring is 1. The first-order valence-corrected chi connectivity index (χ1v) is 9.60. The highest BCUT2D eigenvalue weighted by atomic mass is 16.5. The molecule has 7 heteroatoms. The molecule has 1 aliphatic heterocycles. The minimum absolute atomic E-state index is 0.154. The third-order valence-corrected chi connectivity index (χ3v) is 4.94. The van der Waals surface area contributed by atoms with E-state index in [4.69, 9.17) is 10.5 Å². The zero-order valence-electron chi connectivity index (χ0n) is 16.6. The maximum absolute atomic E-state index is 13.3. The summed E-state index contributed by atoms with van der Waals surface area (Å²) in [4.78, 5) is 33.4. The number of benzene rings is 2. The summed E-state index contributed by atoms with van der Waals surface area (Å²) < 4.78 is 5.92. The molecular weight excluding hydrogens is 380 g/mol. The first kappa shape index (κ1) is 19.4. The summed E-state index contributed by atoms with van der Waals surface area (Å²) >= 11 is 0. The van der Waals surface area contributed by atoms with E-state index in [1.807, 2.05) is 60.7 Å². The molecule has 4 rings (SSSR count). The van der Waals surface area contributed by atoms with Crippen molar-refractivity contribution in [3.8, 4) is 5.75 Å². The minimum Gasteiger partial charge on any atom is -0.472 e. The topological polar surface area (TPSA) is 88.8 Å². The van der Waals surface area contributed by atoms with Crippen LogP contribution in [0, 0.1) is 0 Å². The van der Waals surface area contributed by atoms with E-state index < -0.39 is 6.10 Å². The van der Waals surface area contributed by atoms with Gasteiger partial charge in [-0.15, -0.1) is 0 Å². The van der Waals surface area contributed by atoms with Gasteiger partial charge in [0.15, 0.2) is 11.6 Å². The summed E-state index contributed by atoms with van der Waals surface area (Å²) in [7, 11) is 1.71. The number of likely N-dealkylation sites (N-methyl/N-ethyl adjacent to an activating group) is 1. The van der Waals surface area contributed by atoms with Gasteiger partial charge in [0, 0.05) is 19.2 Å². The number of carbonyl (C=O) groups excluding carboxylic acids is 2. The lowest BCUT2D eigenvalue weighted by Crippen LogP contribution is -2.47. The highest BCUT2D eigenvalue weighted by molar-refractivity contribution is 6.03. The summed E-state index contributed by atoms with van der Waals surface area (Å²) in [6, 6.07) is 22.1. The van der Waals surface area contributed by atoms with Crippen molar-refractivity contribution >= 4 is 23.5 Å². The quantitative estimate of drug-likeness (QED) is 0.709. The number of fused-ring (bicyclic) bond motifs is 1. The smallest absolute Gasteiger partial charge is 0.274 e. The predicted molar refractivity (Wildman–Crippen MR) is 114 cm³/mol. The van der Waals surface area contributed by atoms with Crippen LogP contribution >= 0.6 is 0 Å². The van der Waals surface area contributed by atoms with Crippen molar-refractivity contribution in [1.82, 2.24) is 9.88 Å². The maximum atomic E-state index is 13.3. The largest absolute Gasteiger partial charge is 0.472 e. The lowest BCUT2D eigenvalue weighted by molar-refractivity contribution is -0.133. The van der Waals surface area contributed by atoms with Crippen molar-refractivity contribution in [1.29, 1.82) is 0 Å². The average Bonchev–Trinajstić information content (AvgIpc) is 2.77. The predicted octanol–water partition coefficient (Wildman–Crippen LogP) is 2.79. The second kappa shape index (κ2) is 8.24. The number of pyridine rings is 1. The molecule has 2 heterocycles. The number of carbonyl (C=O) groups is 2. The fourth-order valence-electron chi connectivity index (χ4n) is 3.35. The van der Waals surface area contributed by atoms with Crippen LogP contribution in [0.5, 0.6) is 5.75 Å². The van der Waals surface area contributed by atoms with Crippen LogP contribution in [0.25, 0.3) is 0 Å². The average molecular weight is 402 g/mol. The standard InChI is InChI=1S/C23H22N4O3/c1-26(14-16-8-4-2-5-9-16)20(28)15-27-22-18(12-13-19(24)25-22)30-21(23(27)29)17-10-6-3-7-11-17/h2-13,21H,14-15H2,1H3,(H2,24,25). The lowest BCUT2D eigenvalue weighted by atomic mass is 10.1. The SMILES string of the molecule is CN(Cc1ccccc1)C(=O)CN1C(=O)C(c2ccccc2)Oc2ccc(N)nc21. The van der Waals surface area contributed by atoms with Gasteiger partial charge in [-0.3, -0.25) is 14.5 Å². The number of amides is 2. The Morgan fingerprint density at radius 1 is 1.07 bits per heavy atom. The van der Waals surface area contributed by atoms with E-state index in [1.165, 1.54) is 4.90 Å². The van der Waals surface area contributed by atoms with E-state index >= 15 is 0 Å². The molecule has 0 saturated heterocycles. The molecule has 0 aliphatic carbocycles. The van der Waals surface area contributed by atoms with Crippen LogP contribution in [0.15, 0.2) is 72.8 Å². The third-order valence-electron chi connectivity index (χ3n) is 4.94. The zero-order valence-corrected chi connectivity index (χ0v) is 16.6. The summed E-state index contributed by atoms with van der Waals surface area (Å²) in [6.07, 6.45) is -0.851. The Labute approximate surface area is 174 Å². The van der Waals surface area contributed by atoms with Crippen molar-refractivity contribution in [3.05, 3.63) is 83.9 Å². The Balaban J connectivity index is 1.60. The van der Waals surface area contributed by atoms with Gasteiger partial charge in [0.05, 0.1) is 0 Å². The molecule has 0 fully saturated rings. The summed E-state index contributed by atoms with van der Waals surface area (Å²) in [6.45, 7) is 0.288. The molecule has 0 radical (unpaired) electrons. The molecule has 152 valence electrons. The van der Waals surface area contributed by atoms with Gasteiger partial charge in [0.1, 0.15) is 12.4 Å². The van der Waals surface area contributed by atoms with Gasteiger partial charge >= 0.3 is 0 Å². The molecule has 3 aromatic rings. The van der Waals surface area contributed by atoms with E-state index in [0.29, 0.717) is 17.9 Å². The first-order valence-electron chi connectivity index (χ1n) is 9.60. The third kappa shape index (κ3) is 3.96. The molecule has 0 spiro atoms. The van der Waals surface area contributed by atoms with Crippen molar-refractivity contribution in [2.45, 2.75) is 12.6 Å². The van der Waals surface area contributed by atoms with Crippen molar-refractivity contribution < 1.29 is 14.3 Å². The number of nitrogens with zero attached hydrogens (tertiary/aromatic N) is 3. The number of anilines is 2. The van der Waals surface area contributed by atoms with Crippen molar-refractivity contribution in [3.63, 3.8) is 0 Å². The first-order chi connectivity index (χ1) is 14.5. The lowest BCUT2D eigenvalue weighted by Gasteiger charge is -2.34. The number of aromatic nitrogens is 1. The minimum atomic E-state index is -0.851. The zero-order chi connectivity index (χ0) is 21.1. The Morgan fingerprint density at radius 2 is 1.73 bits per heavy atom. The normalized spacial score (nSPS) is 15.3. The van der Waals surface area contributed by atoms with Crippen LogP contribution in [-0.2, 0) is 16.1 Å². The molecule has 0 saturated carbocycles. The molecule has 2 N–H and O–H groups in total. The van der Waals surface area contributed by atoms with Gasteiger partial charge in [-0.2, -0.15) is 0 Å². The van der Waals surface area contributed by atoms with Crippen LogP contribution in [-0.4, -0.2) is 35.3 Å². The second-order valence-electron chi connectivity index (χ2n) is 7.13. The summed E-state index contributed by atoms with van der Waals surface area (Å²) in [5.41, 5.74) is 7.54. The number of hydrogen-bond acceptors (Lipinski definition) is 5. The molecule has 2 aromatic carbocycles. The molecule has 1 aromatic heterocycles. The second-order valence-corrected chi connectivity index (χ2v) is 7.13. The Kier molecular flexibility index (Phi) is 5.34. The van der Waals surface area contributed by atoms with Crippen LogP contribution in [0.3, 0.4) is 0 Å². The molecule has 30 heavy (non-hydrogen) atoms.